The Hall–Kier alpha value is -3.03. The number of para-hydroxylation sites is 1. The van der Waals surface area contributed by atoms with Gasteiger partial charge in [-0.05, 0) is 38.3 Å². The number of H-pyrrole nitrogens is 1. The van der Waals surface area contributed by atoms with Crippen LogP contribution < -0.4 is 10.6 Å². The van der Waals surface area contributed by atoms with E-state index in [1.165, 1.54) is 7.11 Å². The first kappa shape index (κ1) is 23.3. The van der Waals surface area contributed by atoms with Crippen molar-refractivity contribution in [1.29, 1.82) is 0 Å². The maximum atomic E-state index is 12.9. The van der Waals surface area contributed by atoms with E-state index in [9.17, 15) is 14.4 Å². The van der Waals surface area contributed by atoms with Crippen molar-refractivity contribution < 1.29 is 23.9 Å². The monoisotopic (exact) mass is 417 g/mol. The molecule has 0 bridgehead atoms. The van der Waals surface area contributed by atoms with Crippen LogP contribution in [0.4, 0.5) is 4.79 Å². The molecule has 2 aromatic rings. The van der Waals surface area contributed by atoms with Gasteiger partial charge in [0.25, 0.3) is 0 Å². The average molecular weight is 418 g/mol. The van der Waals surface area contributed by atoms with Gasteiger partial charge in [-0.1, -0.05) is 32.0 Å². The van der Waals surface area contributed by atoms with Crippen molar-refractivity contribution in [2.45, 2.75) is 58.7 Å². The van der Waals surface area contributed by atoms with Gasteiger partial charge >= 0.3 is 12.1 Å². The van der Waals surface area contributed by atoms with Crippen molar-refractivity contribution in [3.63, 3.8) is 0 Å². The van der Waals surface area contributed by atoms with Crippen LogP contribution in [0.25, 0.3) is 10.9 Å². The summed E-state index contributed by atoms with van der Waals surface area (Å²) in [6.45, 7) is 8.82. The topological polar surface area (TPSA) is 110 Å². The minimum absolute atomic E-state index is 0.219. The summed E-state index contributed by atoms with van der Waals surface area (Å²) in [5, 5.41) is 6.28. The molecule has 2 atom stereocenters. The fourth-order valence-electron chi connectivity index (χ4n) is 3.09. The van der Waals surface area contributed by atoms with Gasteiger partial charge in [-0.25, -0.2) is 9.59 Å². The van der Waals surface area contributed by atoms with E-state index < -0.39 is 35.7 Å². The minimum atomic E-state index is -0.900. The molecular weight excluding hydrogens is 386 g/mol. The van der Waals surface area contributed by atoms with E-state index in [2.05, 4.69) is 15.6 Å². The van der Waals surface area contributed by atoms with Crippen molar-refractivity contribution in [2.75, 3.05) is 7.11 Å². The Kier molecular flexibility index (Phi) is 7.48. The summed E-state index contributed by atoms with van der Waals surface area (Å²) in [6.07, 6.45) is 1.37. The summed E-state index contributed by atoms with van der Waals surface area (Å²) < 4.78 is 10.1. The highest BCUT2D eigenvalue weighted by Crippen LogP contribution is 2.19. The summed E-state index contributed by atoms with van der Waals surface area (Å²) in [7, 11) is 1.27. The minimum Gasteiger partial charge on any atom is -0.467 e. The summed E-state index contributed by atoms with van der Waals surface area (Å²) in [4.78, 5) is 40.6. The predicted octanol–water partition coefficient (Wildman–Crippen LogP) is 2.92. The maximum Gasteiger partial charge on any atom is 0.408 e. The fourth-order valence-corrected chi connectivity index (χ4v) is 3.09. The van der Waals surface area contributed by atoms with E-state index in [1.54, 1.807) is 34.6 Å². The van der Waals surface area contributed by atoms with Gasteiger partial charge < -0.3 is 25.1 Å². The van der Waals surface area contributed by atoms with Crippen LogP contribution in [0.1, 0.15) is 40.2 Å². The number of benzene rings is 1. The Bertz CT molecular complexity index is 898. The lowest BCUT2D eigenvalue weighted by Crippen LogP contribution is -2.55. The van der Waals surface area contributed by atoms with Gasteiger partial charge in [-0.3, -0.25) is 4.79 Å². The molecule has 164 valence electrons. The zero-order valence-electron chi connectivity index (χ0n) is 18.4. The predicted molar refractivity (Wildman–Crippen MR) is 114 cm³/mol. The third kappa shape index (κ3) is 6.23. The second kappa shape index (κ2) is 9.65. The van der Waals surface area contributed by atoms with Gasteiger partial charge in [0.15, 0.2) is 0 Å². The number of amides is 2. The molecule has 8 heteroatoms. The number of hydrogen-bond donors (Lipinski definition) is 3. The first-order chi connectivity index (χ1) is 14.0. The number of carbonyl (C=O) groups excluding carboxylic acids is 3. The number of nitrogens with one attached hydrogen (secondary N) is 3. The number of rotatable bonds is 7. The molecule has 0 fully saturated rings. The second-order valence-corrected chi connectivity index (χ2v) is 8.52. The van der Waals surface area contributed by atoms with E-state index in [0.717, 1.165) is 16.5 Å². The highest BCUT2D eigenvalue weighted by molar-refractivity contribution is 5.91. The summed E-state index contributed by atoms with van der Waals surface area (Å²) >= 11 is 0. The van der Waals surface area contributed by atoms with Crippen LogP contribution >= 0.6 is 0 Å². The zero-order valence-corrected chi connectivity index (χ0v) is 18.4. The first-order valence-electron chi connectivity index (χ1n) is 9.94. The van der Waals surface area contributed by atoms with Crippen LogP contribution in [-0.4, -0.2) is 47.7 Å². The number of aromatic nitrogens is 1. The van der Waals surface area contributed by atoms with Gasteiger partial charge in [-0.2, -0.15) is 0 Å². The third-order valence-corrected chi connectivity index (χ3v) is 4.52. The Morgan fingerprint density at radius 2 is 1.77 bits per heavy atom. The van der Waals surface area contributed by atoms with Crippen LogP contribution in [-0.2, 0) is 25.5 Å². The number of methoxy groups -OCH3 is 1. The van der Waals surface area contributed by atoms with Crippen molar-refractivity contribution >= 4 is 28.9 Å². The van der Waals surface area contributed by atoms with Crippen LogP contribution in [0.3, 0.4) is 0 Å². The molecule has 1 aromatic heterocycles. The number of fused-ring (bicyclic) bond motifs is 1. The summed E-state index contributed by atoms with van der Waals surface area (Å²) in [5.41, 5.74) is 1.13. The van der Waals surface area contributed by atoms with Crippen molar-refractivity contribution in [3.8, 4) is 0 Å². The van der Waals surface area contributed by atoms with Crippen LogP contribution in [0.15, 0.2) is 30.5 Å². The molecule has 3 N–H and O–H groups in total. The van der Waals surface area contributed by atoms with Crippen molar-refractivity contribution in [1.82, 2.24) is 15.6 Å². The zero-order chi connectivity index (χ0) is 22.5. The summed E-state index contributed by atoms with van der Waals surface area (Å²) in [5.74, 6) is -1.26. The molecule has 0 radical (unpaired) electrons. The SMILES string of the molecule is COC(=O)[C@H](Cc1c[nH]c2ccccc12)NC(=O)[C@H](NC(=O)OC(C)(C)C)C(C)C. The Morgan fingerprint density at radius 1 is 1.10 bits per heavy atom. The Labute approximate surface area is 176 Å². The van der Waals surface area contributed by atoms with E-state index in [0.29, 0.717) is 0 Å². The molecular formula is C22H31N3O5. The highest BCUT2D eigenvalue weighted by Gasteiger charge is 2.31. The molecule has 0 aliphatic carbocycles. The number of carbonyl (C=O) groups is 3. The number of hydrogen-bond acceptors (Lipinski definition) is 5. The van der Waals surface area contributed by atoms with E-state index in [4.69, 9.17) is 9.47 Å². The van der Waals surface area contributed by atoms with Crippen LogP contribution in [0.5, 0.6) is 0 Å². The first-order valence-corrected chi connectivity index (χ1v) is 9.94. The quantitative estimate of drug-likeness (QED) is 0.600. The molecule has 2 rings (SSSR count). The van der Waals surface area contributed by atoms with E-state index in [1.807, 2.05) is 30.5 Å². The molecule has 30 heavy (non-hydrogen) atoms. The van der Waals surface area contributed by atoms with Gasteiger partial charge in [0.05, 0.1) is 7.11 Å². The average Bonchev–Trinajstić information content (AvgIpc) is 3.06. The molecule has 2 amide bonds. The standard InChI is InChI=1S/C22H31N3O5/c1-13(2)18(25-21(28)30-22(3,4)5)19(26)24-17(20(27)29-6)11-14-12-23-16-10-8-7-9-15(14)16/h7-10,12-13,17-18,23H,11H2,1-6H3,(H,24,26)(H,25,28)/t17-,18+/m0/s1. The summed E-state index contributed by atoms with van der Waals surface area (Å²) in [6, 6.07) is 5.93. The van der Waals surface area contributed by atoms with Gasteiger partial charge in [0.2, 0.25) is 5.91 Å². The van der Waals surface area contributed by atoms with Gasteiger partial charge in [-0.15, -0.1) is 0 Å². The molecule has 0 spiro atoms. The molecule has 1 aromatic carbocycles. The van der Waals surface area contributed by atoms with Crippen LogP contribution in [0, 0.1) is 5.92 Å². The Morgan fingerprint density at radius 3 is 2.37 bits per heavy atom. The molecule has 0 aliphatic heterocycles. The molecule has 0 unspecified atom stereocenters. The van der Waals surface area contributed by atoms with Gasteiger partial charge in [0.1, 0.15) is 17.7 Å². The normalized spacial score (nSPS) is 13.6. The highest BCUT2D eigenvalue weighted by atomic mass is 16.6. The lowest BCUT2D eigenvalue weighted by molar-refractivity contribution is -0.145. The van der Waals surface area contributed by atoms with Crippen molar-refractivity contribution in [2.24, 2.45) is 5.92 Å². The number of ether oxygens (including phenoxy) is 2. The number of esters is 1. The van der Waals surface area contributed by atoms with E-state index in [-0.39, 0.29) is 12.3 Å². The number of aromatic amines is 1. The fraction of sp³-hybridized carbons (Fsp3) is 0.500. The van der Waals surface area contributed by atoms with Crippen LogP contribution in [0.2, 0.25) is 0 Å². The lowest BCUT2D eigenvalue weighted by atomic mass is 10.0. The maximum absolute atomic E-state index is 12.9. The number of alkyl carbamates (subject to hydrolysis) is 1. The molecule has 0 aliphatic rings. The van der Waals surface area contributed by atoms with E-state index >= 15 is 0 Å². The third-order valence-electron chi connectivity index (χ3n) is 4.52. The van der Waals surface area contributed by atoms with Gasteiger partial charge in [0, 0.05) is 23.5 Å². The molecule has 0 saturated carbocycles. The molecule has 1 heterocycles. The molecule has 8 nitrogen and oxygen atoms in total. The smallest absolute Gasteiger partial charge is 0.408 e. The lowest BCUT2D eigenvalue weighted by Gasteiger charge is -2.26. The second-order valence-electron chi connectivity index (χ2n) is 8.52. The molecule has 0 saturated heterocycles. The largest absolute Gasteiger partial charge is 0.467 e. The van der Waals surface area contributed by atoms with Crippen molar-refractivity contribution in [3.05, 3.63) is 36.0 Å². The Balaban J connectivity index is 2.16.